The first-order valence-corrected chi connectivity index (χ1v) is 6.66. The van der Waals surface area contributed by atoms with Gasteiger partial charge in [-0.05, 0) is 18.4 Å². The Balaban J connectivity index is 2.77. The second kappa shape index (κ2) is 6.62. The molecule has 1 nitrogen and oxygen atoms in total. The Morgan fingerprint density at radius 2 is 2.20 bits per heavy atom. The highest BCUT2D eigenvalue weighted by Crippen LogP contribution is 2.30. The van der Waals surface area contributed by atoms with Gasteiger partial charge in [0, 0.05) is 20.2 Å². The molecule has 0 saturated carbocycles. The lowest BCUT2D eigenvalue weighted by atomic mass is 9.79. The van der Waals surface area contributed by atoms with E-state index in [4.69, 9.17) is 5.80 Å². The molecule has 1 aromatic rings. The fourth-order valence-corrected chi connectivity index (χ4v) is 2.36. The summed E-state index contributed by atoms with van der Waals surface area (Å²) in [6.07, 6.45) is 2.20. The number of benzene rings is 1. The molecule has 0 saturated heterocycles. The van der Waals surface area contributed by atoms with Crippen molar-refractivity contribution in [3.63, 3.8) is 0 Å². The van der Waals surface area contributed by atoms with E-state index in [0.717, 1.165) is 18.2 Å². The maximum Gasteiger partial charge on any atom is 0.0851 e. The second-order valence-electron chi connectivity index (χ2n) is 4.01. The van der Waals surface area contributed by atoms with Crippen molar-refractivity contribution in [2.75, 3.05) is 11.9 Å². The molecule has 0 aliphatic heterocycles. The normalized spacial score (nSPS) is 16.5. The lowest BCUT2D eigenvalue weighted by molar-refractivity contribution is 0.247. The van der Waals surface area contributed by atoms with Gasteiger partial charge in [0.2, 0.25) is 0 Å². The predicted molar refractivity (Wildman–Crippen MR) is 72.5 cm³/mol. The summed E-state index contributed by atoms with van der Waals surface area (Å²) in [5, 5.41) is 1.01. The third kappa shape index (κ3) is 3.86. The quantitative estimate of drug-likeness (QED) is 0.546. The average Bonchev–Trinajstić information content (AvgIpc) is 2.35. The van der Waals surface area contributed by atoms with E-state index >= 15 is 0 Å². The molecule has 0 bridgehead atoms. The first kappa shape index (κ1) is 11.6. The monoisotopic (exact) mass is 290 g/mol. The van der Waals surface area contributed by atoms with Gasteiger partial charge in [0.15, 0.2) is 0 Å². The minimum absolute atomic E-state index is 0.0308. The Labute approximate surface area is 104 Å². The zero-order valence-electron chi connectivity index (χ0n) is 10.0. The van der Waals surface area contributed by atoms with Crippen molar-refractivity contribution in [3.05, 3.63) is 35.9 Å². The van der Waals surface area contributed by atoms with Crippen molar-refractivity contribution < 1.29 is 4.52 Å². The molecule has 0 aliphatic rings. The molecule has 0 N–H and O–H groups in total. The highest BCUT2D eigenvalue weighted by molar-refractivity contribution is 9.09. The maximum absolute atomic E-state index is 7.12. The number of rotatable bonds is 7. The van der Waals surface area contributed by atoms with Gasteiger partial charge in [0.05, 0.1) is 7.89 Å². The molecule has 0 amide bonds. The van der Waals surface area contributed by atoms with Crippen molar-refractivity contribution in [2.24, 2.45) is 0 Å². The SMILES string of the molecule is [3H]POCC(C)(CCCBr)c1ccccc1. The van der Waals surface area contributed by atoms with Crippen molar-refractivity contribution in [3.8, 4) is 0 Å². The van der Waals surface area contributed by atoms with Crippen LogP contribution in [0.4, 0.5) is 0 Å². The minimum Gasteiger partial charge on any atom is -0.365 e. The van der Waals surface area contributed by atoms with Gasteiger partial charge in [-0.15, -0.1) is 0 Å². The fraction of sp³-hybridized carbons (Fsp3) is 0.500. The van der Waals surface area contributed by atoms with E-state index in [1.807, 2.05) is 6.07 Å². The summed E-state index contributed by atoms with van der Waals surface area (Å²) in [6.45, 7) is 2.84. The molecule has 0 aromatic heterocycles. The van der Waals surface area contributed by atoms with Crippen molar-refractivity contribution >= 4 is 25.3 Å². The highest BCUT2D eigenvalue weighted by atomic mass is 79.9. The average molecular weight is 291 g/mol. The fourth-order valence-electron chi connectivity index (χ4n) is 1.76. The van der Waals surface area contributed by atoms with E-state index in [0.29, 0.717) is 6.61 Å². The zero-order chi connectivity index (χ0) is 11.9. The van der Waals surface area contributed by atoms with E-state index in [-0.39, 0.29) is 14.8 Å². The van der Waals surface area contributed by atoms with Gasteiger partial charge in [-0.1, -0.05) is 53.2 Å². The molecule has 0 aliphatic carbocycles. The molecular formula is C12H18BrOP. The van der Waals surface area contributed by atoms with E-state index in [2.05, 4.69) is 47.1 Å². The van der Waals surface area contributed by atoms with Crippen LogP contribution >= 0.6 is 25.3 Å². The van der Waals surface area contributed by atoms with Crippen molar-refractivity contribution in [1.29, 1.82) is 1.28 Å². The Bertz CT molecular complexity index is 286. The summed E-state index contributed by atoms with van der Waals surface area (Å²) < 4.78 is 12.4. The first-order chi connectivity index (χ1) is 7.73. The molecule has 0 heterocycles. The summed E-state index contributed by atoms with van der Waals surface area (Å²) in [6, 6.07) is 10.4. The molecule has 3 heteroatoms. The lowest BCUT2D eigenvalue weighted by Gasteiger charge is -2.29. The number of halogens is 1. The lowest BCUT2D eigenvalue weighted by Crippen LogP contribution is -2.27. The topological polar surface area (TPSA) is 9.23 Å². The molecule has 0 radical (unpaired) electrons. The maximum atomic E-state index is 7.12. The van der Waals surface area contributed by atoms with Gasteiger partial charge in [-0.25, -0.2) is 0 Å². The van der Waals surface area contributed by atoms with Gasteiger partial charge in [-0.2, -0.15) is 0 Å². The van der Waals surface area contributed by atoms with E-state index in [1.54, 1.807) is 0 Å². The van der Waals surface area contributed by atoms with Crippen LogP contribution in [0.3, 0.4) is 0 Å². The summed E-state index contributed by atoms with van der Waals surface area (Å²) in [4.78, 5) is 0. The summed E-state index contributed by atoms with van der Waals surface area (Å²) in [7, 11) is -0.180. The minimum atomic E-state index is -0.180. The van der Waals surface area contributed by atoms with Crippen LogP contribution in [0, 0.1) is 0 Å². The largest absolute Gasteiger partial charge is 0.365 e. The van der Waals surface area contributed by atoms with Crippen LogP contribution in [0.15, 0.2) is 30.3 Å². The molecular weight excluding hydrogens is 271 g/mol. The van der Waals surface area contributed by atoms with E-state index in [9.17, 15) is 0 Å². The molecule has 1 rings (SSSR count). The number of alkyl halides is 1. The van der Waals surface area contributed by atoms with Crippen LogP contribution in [-0.4, -0.2) is 13.2 Å². The number of hydrogen-bond donors (Lipinski definition) is 0. The van der Waals surface area contributed by atoms with Gasteiger partial charge < -0.3 is 4.52 Å². The smallest absolute Gasteiger partial charge is 0.0851 e. The highest BCUT2D eigenvalue weighted by Gasteiger charge is 2.25. The molecule has 2 unspecified atom stereocenters. The van der Waals surface area contributed by atoms with E-state index in [1.165, 1.54) is 5.56 Å². The molecule has 0 fully saturated rings. The van der Waals surface area contributed by atoms with Crippen LogP contribution in [0.1, 0.15) is 25.3 Å². The summed E-state index contributed by atoms with van der Waals surface area (Å²) >= 11 is 3.47. The Morgan fingerprint density at radius 3 is 2.80 bits per heavy atom. The Hall–Kier alpha value is 0.0900. The van der Waals surface area contributed by atoms with Crippen LogP contribution < -0.4 is 0 Å². The van der Waals surface area contributed by atoms with Crippen LogP contribution in [-0.2, 0) is 9.94 Å². The van der Waals surface area contributed by atoms with Gasteiger partial charge >= 0.3 is 0 Å². The molecule has 15 heavy (non-hydrogen) atoms. The van der Waals surface area contributed by atoms with Crippen LogP contribution in [0.5, 0.6) is 0 Å². The van der Waals surface area contributed by atoms with Crippen molar-refractivity contribution in [2.45, 2.75) is 25.2 Å². The molecule has 0 spiro atoms. The van der Waals surface area contributed by atoms with E-state index < -0.39 is 0 Å². The number of hydrogen-bond acceptors (Lipinski definition) is 1. The molecule has 2 atom stereocenters. The predicted octanol–water partition coefficient (Wildman–Crippen LogP) is 3.93. The third-order valence-corrected chi connectivity index (χ3v) is 3.43. The van der Waals surface area contributed by atoms with Gasteiger partial charge in [0.25, 0.3) is 0 Å². The van der Waals surface area contributed by atoms with Gasteiger partial charge in [-0.3, -0.25) is 0 Å². The third-order valence-electron chi connectivity index (χ3n) is 2.72. The zero-order valence-corrected chi connectivity index (χ0v) is 11.6. The molecule has 84 valence electrons. The Kier molecular flexibility index (Phi) is 5.11. The second-order valence-corrected chi connectivity index (χ2v) is 5.09. The standard InChI is InChI=1S/C12H18BrOP/c1-12(10-14-15,8-5-9-13)11-6-3-2-4-7-11/h2-4,6-7H,5,8-10,15H2,1H3/i15T. The summed E-state index contributed by atoms with van der Waals surface area (Å²) in [5.41, 5.74) is 1.33. The van der Waals surface area contributed by atoms with Crippen LogP contribution in [0.2, 0.25) is 0 Å². The Morgan fingerprint density at radius 1 is 1.47 bits per heavy atom. The molecule has 1 aromatic carbocycles. The van der Waals surface area contributed by atoms with Crippen LogP contribution in [0.25, 0.3) is 0 Å². The first-order valence-electron chi connectivity index (χ1n) is 5.63. The van der Waals surface area contributed by atoms with Gasteiger partial charge in [0.1, 0.15) is 0 Å². The van der Waals surface area contributed by atoms with Crippen molar-refractivity contribution in [1.82, 2.24) is 0 Å². The summed E-state index contributed by atoms with van der Waals surface area (Å²) in [5.74, 6) is 0.